The number of thiocarbonyl (C=S) groups is 1. The Kier molecular flexibility index (Phi) is 12.9. The van der Waals surface area contributed by atoms with Gasteiger partial charge in [0.1, 0.15) is 0 Å². The van der Waals surface area contributed by atoms with Gasteiger partial charge in [-0.1, -0.05) is 49.7 Å². The topological polar surface area (TPSA) is 83.1 Å². The van der Waals surface area contributed by atoms with Gasteiger partial charge >= 0.3 is 12.1 Å². The molecule has 1 aliphatic carbocycles. The van der Waals surface area contributed by atoms with Crippen LogP contribution in [0.3, 0.4) is 0 Å². The number of fused-ring (bicyclic) bond motifs is 1. The summed E-state index contributed by atoms with van der Waals surface area (Å²) in [4.78, 5) is 11.6. The molecule has 2 aromatic rings. The van der Waals surface area contributed by atoms with E-state index in [2.05, 4.69) is 71.0 Å². The van der Waals surface area contributed by atoms with Crippen LogP contribution < -0.4 is 20.1 Å². The van der Waals surface area contributed by atoms with Crippen molar-refractivity contribution in [3.63, 3.8) is 0 Å². The average molecular weight is 624 g/mol. The van der Waals surface area contributed by atoms with Gasteiger partial charge in [-0.2, -0.15) is 13.2 Å². The number of aliphatic carboxylic acids is 1. The first kappa shape index (κ1) is 34.4. The zero-order valence-corrected chi connectivity index (χ0v) is 26.0. The molecule has 0 unspecified atom stereocenters. The van der Waals surface area contributed by atoms with E-state index in [4.69, 9.17) is 31.6 Å². The molecule has 0 radical (unpaired) electrons. The zero-order chi connectivity index (χ0) is 31.5. The van der Waals surface area contributed by atoms with E-state index in [-0.39, 0.29) is 5.41 Å². The molecule has 2 aromatic carbocycles. The second-order valence-electron chi connectivity index (χ2n) is 11.1. The summed E-state index contributed by atoms with van der Waals surface area (Å²) in [5, 5.41) is 15.0. The standard InChI is InChI=1S/C30H43N3O2S.C2HF3O2/c1-4-5-18-31-29(36)32-25-15-16-30(24-13-14-26(34-2)27(21-24)35-3)17-20-33(28(30)22-25)19-9-12-23-10-7-6-8-11-23;3-2(4,5)1(6)7/h6-8,10-11,13-14,21,25,28H,4-5,9,12,15-20,22H2,1-3H3,(H2,31,32,36);(H,6,7)/t25-,28+,30+;/m1./s1. The summed E-state index contributed by atoms with van der Waals surface area (Å²) >= 11 is 5.64. The van der Waals surface area contributed by atoms with Crippen LogP contribution in [0.4, 0.5) is 13.2 Å². The number of hydrogen-bond donors (Lipinski definition) is 3. The Balaban J connectivity index is 0.000000646. The van der Waals surface area contributed by atoms with Crippen molar-refractivity contribution >= 4 is 23.3 Å². The van der Waals surface area contributed by atoms with Crippen molar-refractivity contribution in [1.82, 2.24) is 15.5 Å². The molecule has 1 aliphatic heterocycles. The van der Waals surface area contributed by atoms with Gasteiger partial charge in [0, 0.05) is 24.0 Å². The number of carboxylic acid groups (broad SMARTS) is 1. The predicted octanol–water partition coefficient (Wildman–Crippen LogP) is 6.10. The molecule has 0 spiro atoms. The lowest BCUT2D eigenvalue weighted by atomic mass is 9.65. The molecule has 238 valence electrons. The molecule has 2 fully saturated rings. The highest BCUT2D eigenvalue weighted by Gasteiger charge is 2.51. The Morgan fingerprint density at radius 3 is 2.42 bits per heavy atom. The first-order chi connectivity index (χ1) is 20.5. The molecule has 43 heavy (non-hydrogen) atoms. The number of nitrogens with one attached hydrogen (secondary N) is 2. The number of carbonyl (C=O) groups is 1. The molecule has 3 atom stereocenters. The summed E-state index contributed by atoms with van der Waals surface area (Å²) < 4.78 is 43.0. The van der Waals surface area contributed by atoms with E-state index < -0.39 is 12.1 Å². The van der Waals surface area contributed by atoms with Crippen molar-refractivity contribution in [1.29, 1.82) is 0 Å². The molecule has 3 N–H and O–H groups in total. The van der Waals surface area contributed by atoms with E-state index in [0.717, 1.165) is 68.3 Å². The Bertz CT molecular complexity index is 1180. The van der Waals surface area contributed by atoms with E-state index in [1.165, 1.54) is 30.4 Å². The molecule has 1 saturated carbocycles. The highest BCUT2D eigenvalue weighted by molar-refractivity contribution is 7.80. The number of nitrogens with zero attached hydrogens (tertiary/aromatic N) is 1. The molecular weight excluding hydrogens is 579 g/mol. The second-order valence-corrected chi connectivity index (χ2v) is 11.6. The van der Waals surface area contributed by atoms with Crippen molar-refractivity contribution in [2.24, 2.45) is 0 Å². The first-order valence-corrected chi connectivity index (χ1v) is 15.3. The largest absolute Gasteiger partial charge is 0.493 e. The quantitative estimate of drug-likeness (QED) is 0.205. The molecule has 7 nitrogen and oxygen atoms in total. The molecule has 4 rings (SSSR count). The van der Waals surface area contributed by atoms with Crippen molar-refractivity contribution in [3.05, 3.63) is 59.7 Å². The molecular formula is C32H44F3N3O4S. The third kappa shape index (κ3) is 9.47. The number of rotatable bonds is 11. The minimum absolute atomic E-state index is 0.141. The summed E-state index contributed by atoms with van der Waals surface area (Å²) in [5.41, 5.74) is 2.95. The van der Waals surface area contributed by atoms with Gasteiger partial charge in [-0.3, -0.25) is 4.90 Å². The van der Waals surface area contributed by atoms with Crippen LogP contribution >= 0.6 is 12.2 Å². The molecule has 2 aliphatic rings. The molecule has 0 amide bonds. The predicted molar refractivity (Wildman–Crippen MR) is 166 cm³/mol. The molecule has 0 aromatic heterocycles. The number of carboxylic acids is 1. The summed E-state index contributed by atoms with van der Waals surface area (Å²) in [7, 11) is 3.44. The number of methoxy groups -OCH3 is 2. The van der Waals surface area contributed by atoms with Gasteiger partial charge in [0.25, 0.3) is 0 Å². The monoisotopic (exact) mass is 623 g/mol. The SMILES string of the molecule is CCCCNC(=S)N[C@@H]1CC[C@@]2(c3ccc(OC)c(OC)c3)CCN(CCCc3ccccc3)[C@H]2C1.O=C(O)C(F)(F)F. The van der Waals surface area contributed by atoms with Crippen LogP contribution in [0.5, 0.6) is 11.5 Å². The highest BCUT2D eigenvalue weighted by atomic mass is 32.1. The van der Waals surface area contributed by atoms with Crippen molar-refractivity contribution in [2.75, 3.05) is 33.9 Å². The molecule has 1 heterocycles. The van der Waals surface area contributed by atoms with Gasteiger partial charge in [-0.15, -0.1) is 0 Å². The number of aryl methyl sites for hydroxylation is 1. The summed E-state index contributed by atoms with van der Waals surface area (Å²) in [6.07, 6.45) is 4.10. The van der Waals surface area contributed by atoms with Gasteiger partial charge in [-0.05, 0) is 93.5 Å². The fraction of sp³-hybridized carbons (Fsp3) is 0.562. The Morgan fingerprint density at radius 2 is 1.79 bits per heavy atom. The molecule has 0 bridgehead atoms. The number of alkyl halides is 3. The molecule has 1 saturated heterocycles. The Hall–Kier alpha value is -3.05. The van der Waals surface area contributed by atoms with Crippen molar-refractivity contribution in [3.8, 4) is 11.5 Å². The van der Waals surface area contributed by atoms with E-state index >= 15 is 0 Å². The van der Waals surface area contributed by atoms with Crippen LogP contribution in [0, 0.1) is 0 Å². The number of unbranched alkanes of at least 4 members (excludes halogenated alkanes) is 1. The normalized spacial score (nSPS) is 21.6. The number of ether oxygens (including phenoxy) is 2. The van der Waals surface area contributed by atoms with Gasteiger partial charge in [0.2, 0.25) is 0 Å². The maximum absolute atomic E-state index is 10.6. The van der Waals surface area contributed by atoms with Crippen LogP contribution in [0.2, 0.25) is 0 Å². The van der Waals surface area contributed by atoms with Crippen LogP contribution in [-0.4, -0.2) is 73.2 Å². The van der Waals surface area contributed by atoms with Crippen LogP contribution in [0.15, 0.2) is 48.5 Å². The fourth-order valence-electron chi connectivity index (χ4n) is 6.27. The zero-order valence-electron chi connectivity index (χ0n) is 25.2. The first-order valence-electron chi connectivity index (χ1n) is 14.9. The van der Waals surface area contributed by atoms with Crippen LogP contribution in [0.25, 0.3) is 0 Å². The minimum atomic E-state index is -5.08. The fourth-order valence-corrected chi connectivity index (χ4v) is 6.54. The second kappa shape index (κ2) is 16.1. The summed E-state index contributed by atoms with van der Waals surface area (Å²) in [5.74, 6) is -1.13. The average Bonchev–Trinajstić information content (AvgIpc) is 3.36. The van der Waals surface area contributed by atoms with Crippen molar-refractivity contribution < 1.29 is 32.5 Å². The maximum atomic E-state index is 10.6. The Morgan fingerprint density at radius 1 is 1.09 bits per heavy atom. The van der Waals surface area contributed by atoms with E-state index in [1.54, 1.807) is 14.2 Å². The van der Waals surface area contributed by atoms with Crippen molar-refractivity contribution in [2.45, 2.75) is 82.0 Å². The lowest BCUT2D eigenvalue weighted by Gasteiger charge is -2.46. The van der Waals surface area contributed by atoms with Crippen LogP contribution in [-0.2, 0) is 16.6 Å². The summed E-state index contributed by atoms with van der Waals surface area (Å²) in [6.45, 7) is 5.42. The van der Waals surface area contributed by atoms with Crippen LogP contribution in [0.1, 0.15) is 63.0 Å². The number of hydrogen-bond acceptors (Lipinski definition) is 5. The smallest absolute Gasteiger partial charge is 0.490 e. The third-order valence-corrected chi connectivity index (χ3v) is 8.74. The number of benzene rings is 2. The Labute approximate surface area is 258 Å². The molecule has 11 heteroatoms. The highest BCUT2D eigenvalue weighted by Crippen LogP contribution is 2.50. The third-order valence-electron chi connectivity index (χ3n) is 8.48. The maximum Gasteiger partial charge on any atom is 0.490 e. The van der Waals surface area contributed by atoms with E-state index in [1.807, 2.05) is 0 Å². The van der Waals surface area contributed by atoms with E-state index in [0.29, 0.717) is 12.1 Å². The van der Waals surface area contributed by atoms with E-state index in [9.17, 15) is 13.2 Å². The number of likely N-dealkylation sites (tertiary alicyclic amines) is 1. The lowest BCUT2D eigenvalue weighted by Crippen LogP contribution is -2.53. The number of halogens is 3. The van der Waals surface area contributed by atoms with Gasteiger partial charge in [-0.25, -0.2) is 4.79 Å². The summed E-state index contributed by atoms with van der Waals surface area (Å²) in [6, 6.07) is 18.3. The van der Waals surface area contributed by atoms with Gasteiger partial charge in [0.05, 0.1) is 14.2 Å². The van der Waals surface area contributed by atoms with Gasteiger partial charge < -0.3 is 25.2 Å². The lowest BCUT2D eigenvalue weighted by molar-refractivity contribution is -0.192. The van der Waals surface area contributed by atoms with Gasteiger partial charge in [0.15, 0.2) is 16.6 Å². The minimum Gasteiger partial charge on any atom is -0.493 e.